The highest BCUT2D eigenvalue weighted by atomic mass is 32.1. The molecule has 0 saturated heterocycles. The van der Waals surface area contributed by atoms with E-state index < -0.39 is 0 Å². The fraction of sp³-hybridized carbons (Fsp3) is 0. The largest absolute Gasteiger partial charge is 0.208 e. The van der Waals surface area contributed by atoms with E-state index in [2.05, 4.69) is 146 Å². The normalized spacial score (nSPS) is 11.4. The fourth-order valence-corrected chi connectivity index (χ4v) is 7.59. The van der Waals surface area contributed by atoms with Crippen molar-refractivity contribution in [1.29, 1.82) is 0 Å². The molecule has 0 aliphatic heterocycles. The molecule has 4 heteroatoms. The van der Waals surface area contributed by atoms with Crippen LogP contribution in [0.25, 0.3) is 87.4 Å². The molecule has 9 aromatic rings. The molecule has 47 heavy (non-hydrogen) atoms. The third kappa shape index (κ3) is 4.87. The summed E-state index contributed by atoms with van der Waals surface area (Å²) in [7, 11) is 0. The van der Waals surface area contributed by atoms with Crippen molar-refractivity contribution in [2.24, 2.45) is 0 Å². The molecule has 7 aromatic carbocycles. The lowest BCUT2D eigenvalue weighted by Gasteiger charge is -2.18. The van der Waals surface area contributed by atoms with Crippen LogP contribution in [0.2, 0.25) is 0 Å². The molecule has 220 valence electrons. The molecule has 2 aromatic heterocycles. The van der Waals surface area contributed by atoms with Gasteiger partial charge in [0.1, 0.15) is 0 Å². The van der Waals surface area contributed by atoms with Gasteiger partial charge in [-0.2, -0.15) is 0 Å². The van der Waals surface area contributed by atoms with Gasteiger partial charge < -0.3 is 0 Å². The van der Waals surface area contributed by atoms with Crippen molar-refractivity contribution in [3.8, 4) is 55.7 Å². The predicted octanol–water partition coefficient (Wildman–Crippen LogP) is 11.7. The lowest BCUT2D eigenvalue weighted by molar-refractivity contribution is 1.08. The van der Waals surface area contributed by atoms with Gasteiger partial charge in [-0.1, -0.05) is 146 Å². The van der Waals surface area contributed by atoms with Crippen LogP contribution in [0.1, 0.15) is 0 Å². The van der Waals surface area contributed by atoms with Gasteiger partial charge in [-0.25, -0.2) is 15.0 Å². The Morgan fingerprint density at radius 2 is 0.809 bits per heavy atom. The Kier molecular flexibility index (Phi) is 6.65. The van der Waals surface area contributed by atoms with E-state index in [9.17, 15) is 0 Å². The van der Waals surface area contributed by atoms with Gasteiger partial charge in [-0.15, -0.1) is 11.3 Å². The van der Waals surface area contributed by atoms with Crippen molar-refractivity contribution < 1.29 is 0 Å². The number of rotatable bonds is 5. The molecule has 0 fully saturated rings. The first-order valence-corrected chi connectivity index (χ1v) is 16.5. The Bertz CT molecular complexity index is 2480. The first kappa shape index (κ1) is 27.3. The maximum Gasteiger partial charge on any atom is 0.174 e. The quantitative estimate of drug-likeness (QED) is 0.180. The van der Waals surface area contributed by atoms with Crippen LogP contribution in [0.3, 0.4) is 0 Å². The lowest BCUT2D eigenvalue weighted by Crippen LogP contribution is -1.99. The van der Waals surface area contributed by atoms with E-state index in [1.165, 1.54) is 48.3 Å². The minimum absolute atomic E-state index is 0.655. The number of fused-ring (bicyclic) bond motifs is 3. The van der Waals surface area contributed by atoms with Crippen molar-refractivity contribution in [3.05, 3.63) is 164 Å². The second kappa shape index (κ2) is 11.4. The molecule has 3 nitrogen and oxygen atoms in total. The monoisotopic (exact) mass is 617 g/mol. The molecule has 0 aliphatic rings. The minimum atomic E-state index is 0.655. The zero-order valence-corrected chi connectivity index (χ0v) is 26.2. The van der Waals surface area contributed by atoms with Crippen molar-refractivity contribution in [2.45, 2.75) is 0 Å². The molecule has 0 saturated carbocycles. The SMILES string of the molecule is c1ccc(-c2nc(-c3cccc(-c4c5ccccc5c(-c5ccccc5)c5ccccc45)c3)nc(-c3cc4ccccc4s3)n2)cc1. The molecule has 0 spiro atoms. The summed E-state index contributed by atoms with van der Waals surface area (Å²) in [6.07, 6.45) is 0. The molecule has 0 amide bonds. The average molecular weight is 618 g/mol. The topological polar surface area (TPSA) is 38.7 Å². The number of benzene rings is 7. The smallest absolute Gasteiger partial charge is 0.174 e. The summed E-state index contributed by atoms with van der Waals surface area (Å²) in [4.78, 5) is 16.2. The van der Waals surface area contributed by atoms with Gasteiger partial charge >= 0.3 is 0 Å². The molecule has 0 atom stereocenters. The van der Waals surface area contributed by atoms with Crippen LogP contribution >= 0.6 is 11.3 Å². The van der Waals surface area contributed by atoms with E-state index in [0.29, 0.717) is 17.5 Å². The summed E-state index contributed by atoms with van der Waals surface area (Å²) in [6, 6.07) is 57.6. The van der Waals surface area contributed by atoms with Crippen molar-refractivity contribution in [1.82, 2.24) is 15.0 Å². The van der Waals surface area contributed by atoms with Crippen molar-refractivity contribution in [3.63, 3.8) is 0 Å². The van der Waals surface area contributed by atoms with Gasteiger partial charge in [0.25, 0.3) is 0 Å². The van der Waals surface area contributed by atoms with Crippen LogP contribution in [0, 0.1) is 0 Å². The summed E-state index contributed by atoms with van der Waals surface area (Å²) in [6.45, 7) is 0. The van der Waals surface area contributed by atoms with Gasteiger partial charge in [0.05, 0.1) is 4.88 Å². The number of hydrogen-bond acceptors (Lipinski definition) is 4. The van der Waals surface area contributed by atoms with Gasteiger partial charge in [0.15, 0.2) is 17.5 Å². The Hall–Kier alpha value is -5.97. The zero-order chi connectivity index (χ0) is 31.2. The Morgan fingerprint density at radius 1 is 0.340 bits per heavy atom. The summed E-state index contributed by atoms with van der Waals surface area (Å²) in [5, 5.41) is 6.09. The van der Waals surface area contributed by atoms with Crippen LogP contribution in [0.15, 0.2) is 164 Å². The third-order valence-electron chi connectivity index (χ3n) is 8.72. The lowest BCUT2D eigenvalue weighted by atomic mass is 9.86. The van der Waals surface area contributed by atoms with E-state index in [0.717, 1.165) is 21.6 Å². The Labute approximate surface area is 276 Å². The molecular weight excluding hydrogens is 591 g/mol. The van der Waals surface area contributed by atoms with E-state index in [1.807, 2.05) is 18.2 Å². The maximum absolute atomic E-state index is 5.10. The molecule has 0 unspecified atom stereocenters. The van der Waals surface area contributed by atoms with E-state index >= 15 is 0 Å². The average Bonchev–Trinajstić information content (AvgIpc) is 3.59. The summed E-state index contributed by atoms with van der Waals surface area (Å²) < 4.78 is 1.21. The highest BCUT2D eigenvalue weighted by Crippen LogP contribution is 2.44. The van der Waals surface area contributed by atoms with E-state index in [1.54, 1.807) is 11.3 Å². The molecule has 0 radical (unpaired) electrons. The first-order chi connectivity index (χ1) is 23.3. The molecule has 2 heterocycles. The summed E-state index contributed by atoms with van der Waals surface area (Å²) in [5.41, 5.74) is 6.72. The van der Waals surface area contributed by atoms with Crippen LogP contribution in [-0.2, 0) is 0 Å². The van der Waals surface area contributed by atoms with E-state index in [4.69, 9.17) is 15.0 Å². The molecule has 9 rings (SSSR count). The second-order valence-corrected chi connectivity index (χ2v) is 12.7. The highest BCUT2D eigenvalue weighted by Gasteiger charge is 2.18. The van der Waals surface area contributed by atoms with Crippen molar-refractivity contribution in [2.75, 3.05) is 0 Å². The maximum atomic E-state index is 5.10. The third-order valence-corrected chi connectivity index (χ3v) is 9.83. The van der Waals surface area contributed by atoms with Crippen LogP contribution < -0.4 is 0 Å². The molecule has 0 N–H and O–H groups in total. The number of thiophene rings is 1. The first-order valence-electron chi connectivity index (χ1n) is 15.7. The standard InChI is InChI=1S/C43H27N3S/c1-3-14-28(15-4-1)39-33-21-8-10-23-35(33)40(36-24-11-9-22-34(36)39)31-19-13-20-32(26-31)42-44-41(29-16-5-2-6-17-29)45-43(46-42)38-27-30-18-7-12-25-37(30)47-38/h1-27H. The minimum Gasteiger partial charge on any atom is -0.208 e. The van der Waals surface area contributed by atoms with Gasteiger partial charge in [0.2, 0.25) is 0 Å². The van der Waals surface area contributed by atoms with Crippen LogP contribution in [0.4, 0.5) is 0 Å². The second-order valence-electron chi connectivity index (χ2n) is 11.6. The summed E-state index contributed by atoms with van der Waals surface area (Å²) in [5.74, 6) is 2.00. The molecular formula is C43H27N3S. The van der Waals surface area contributed by atoms with Gasteiger partial charge in [0, 0.05) is 15.8 Å². The number of hydrogen-bond donors (Lipinski definition) is 0. The Balaban J connectivity index is 1.26. The predicted molar refractivity (Wildman–Crippen MR) is 197 cm³/mol. The Morgan fingerprint density at radius 3 is 1.45 bits per heavy atom. The van der Waals surface area contributed by atoms with Gasteiger partial charge in [-0.05, 0) is 67.4 Å². The zero-order valence-electron chi connectivity index (χ0n) is 25.3. The number of nitrogens with zero attached hydrogens (tertiary/aromatic N) is 3. The van der Waals surface area contributed by atoms with Gasteiger partial charge in [-0.3, -0.25) is 0 Å². The molecule has 0 bridgehead atoms. The van der Waals surface area contributed by atoms with Crippen LogP contribution in [-0.4, -0.2) is 15.0 Å². The van der Waals surface area contributed by atoms with Crippen LogP contribution in [0.5, 0.6) is 0 Å². The van der Waals surface area contributed by atoms with E-state index in [-0.39, 0.29) is 0 Å². The fourth-order valence-electron chi connectivity index (χ4n) is 6.59. The number of aromatic nitrogens is 3. The molecule has 0 aliphatic carbocycles. The highest BCUT2D eigenvalue weighted by molar-refractivity contribution is 7.22. The summed E-state index contributed by atoms with van der Waals surface area (Å²) >= 11 is 1.71. The van der Waals surface area contributed by atoms with Crippen molar-refractivity contribution >= 4 is 43.0 Å².